The largest absolute Gasteiger partial charge is 0.494 e. The van der Waals surface area contributed by atoms with E-state index >= 15 is 0 Å². The summed E-state index contributed by atoms with van der Waals surface area (Å²) in [6, 6.07) is 4.41. The third kappa shape index (κ3) is 2.37. The Morgan fingerprint density at radius 2 is 2.00 bits per heavy atom. The van der Waals surface area contributed by atoms with Gasteiger partial charge in [0.05, 0.1) is 12.2 Å². The molecule has 2 bridgehead atoms. The molecule has 2 fully saturated rings. The van der Waals surface area contributed by atoms with Gasteiger partial charge >= 0.3 is 0 Å². The van der Waals surface area contributed by atoms with Gasteiger partial charge in [0.1, 0.15) is 11.6 Å². The van der Waals surface area contributed by atoms with Crippen molar-refractivity contribution in [3.63, 3.8) is 0 Å². The van der Waals surface area contributed by atoms with Crippen LogP contribution >= 0.6 is 0 Å². The van der Waals surface area contributed by atoms with E-state index in [0.717, 1.165) is 12.8 Å². The van der Waals surface area contributed by atoms with Crippen LogP contribution in [0, 0.1) is 5.82 Å². The van der Waals surface area contributed by atoms with E-state index in [-0.39, 0.29) is 10.5 Å². The molecule has 2 unspecified atom stereocenters. The van der Waals surface area contributed by atoms with Gasteiger partial charge in [-0.15, -0.1) is 0 Å². The quantitative estimate of drug-likeness (QED) is 0.932. The zero-order valence-corrected chi connectivity index (χ0v) is 12.3. The van der Waals surface area contributed by atoms with Gasteiger partial charge in [-0.3, -0.25) is 4.21 Å². The lowest BCUT2D eigenvalue weighted by atomic mass is 9.85. The molecule has 0 amide bonds. The van der Waals surface area contributed by atoms with Crippen molar-refractivity contribution in [1.82, 2.24) is 0 Å². The number of hydrogen-bond acceptors (Lipinski definition) is 3. The predicted molar refractivity (Wildman–Crippen MR) is 75.7 cm³/mol. The summed E-state index contributed by atoms with van der Waals surface area (Å²) in [4.78, 5) is 0. The van der Waals surface area contributed by atoms with Crippen LogP contribution in [-0.4, -0.2) is 26.4 Å². The summed E-state index contributed by atoms with van der Waals surface area (Å²) >= 11 is 0. The minimum Gasteiger partial charge on any atom is -0.494 e. The SMILES string of the molecule is CCOc1cc(F)cc(C2(O)CC3CCC(C2)S3=O)c1. The highest BCUT2D eigenvalue weighted by Crippen LogP contribution is 2.46. The van der Waals surface area contributed by atoms with Crippen molar-refractivity contribution in [3.8, 4) is 5.75 Å². The van der Waals surface area contributed by atoms with Gasteiger partial charge in [0.2, 0.25) is 0 Å². The number of benzene rings is 1. The molecule has 0 radical (unpaired) electrons. The molecule has 1 aromatic carbocycles. The van der Waals surface area contributed by atoms with Crippen molar-refractivity contribution >= 4 is 10.8 Å². The molecule has 1 N–H and O–H groups in total. The number of fused-ring (bicyclic) bond motifs is 2. The maximum atomic E-state index is 13.7. The summed E-state index contributed by atoms with van der Waals surface area (Å²) in [5, 5.41) is 11.0. The Morgan fingerprint density at radius 1 is 1.35 bits per heavy atom. The van der Waals surface area contributed by atoms with Crippen LogP contribution in [0.3, 0.4) is 0 Å². The van der Waals surface area contributed by atoms with Crippen LogP contribution < -0.4 is 4.74 Å². The van der Waals surface area contributed by atoms with Crippen molar-refractivity contribution < 1.29 is 18.4 Å². The second-order valence-corrected chi connectivity index (χ2v) is 7.69. The summed E-state index contributed by atoms with van der Waals surface area (Å²) in [5.41, 5.74) is -0.525. The molecule has 1 aromatic rings. The maximum absolute atomic E-state index is 13.7. The van der Waals surface area contributed by atoms with Crippen molar-refractivity contribution in [3.05, 3.63) is 29.6 Å². The molecular formula is C15H19FO3S. The van der Waals surface area contributed by atoms with E-state index in [2.05, 4.69) is 0 Å². The van der Waals surface area contributed by atoms with Crippen molar-refractivity contribution in [2.24, 2.45) is 0 Å². The fraction of sp³-hybridized carbons (Fsp3) is 0.600. The van der Waals surface area contributed by atoms with E-state index in [9.17, 15) is 13.7 Å². The van der Waals surface area contributed by atoms with Crippen LogP contribution in [0.15, 0.2) is 18.2 Å². The lowest BCUT2D eigenvalue weighted by Crippen LogP contribution is -2.40. The van der Waals surface area contributed by atoms with Gasteiger partial charge in [-0.2, -0.15) is 0 Å². The van der Waals surface area contributed by atoms with Gasteiger partial charge in [-0.1, -0.05) is 0 Å². The average Bonchev–Trinajstić information content (AvgIpc) is 2.62. The Labute approximate surface area is 120 Å². The Hall–Kier alpha value is -0.940. The molecule has 0 aliphatic carbocycles. The Balaban J connectivity index is 1.94. The highest BCUT2D eigenvalue weighted by atomic mass is 32.2. The summed E-state index contributed by atoms with van der Waals surface area (Å²) in [6.07, 6.45) is 2.69. The lowest BCUT2D eigenvalue weighted by Gasteiger charge is -2.36. The normalized spacial score (nSPS) is 36.0. The summed E-state index contributed by atoms with van der Waals surface area (Å²) in [5.74, 6) is 0.0355. The van der Waals surface area contributed by atoms with Crippen LogP contribution in [0.1, 0.15) is 38.2 Å². The summed E-state index contributed by atoms with van der Waals surface area (Å²) < 4.78 is 31.1. The first-order valence-corrected chi connectivity index (χ1v) is 8.35. The third-order valence-corrected chi connectivity index (χ3v) is 6.44. The molecule has 0 spiro atoms. The Kier molecular flexibility index (Phi) is 3.58. The smallest absolute Gasteiger partial charge is 0.127 e. The first kappa shape index (κ1) is 14.0. The van der Waals surface area contributed by atoms with E-state index in [1.807, 2.05) is 6.92 Å². The summed E-state index contributed by atoms with van der Waals surface area (Å²) in [7, 11) is -0.838. The summed E-state index contributed by atoms with van der Waals surface area (Å²) in [6.45, 7) is 2.29. The molecule has 110 valence electrons. The second-order valence-electron chi connectivity index (χ2n) is 5.70. The number of rotatable bonds is 3. The fourth-order valence-corrected chi connectivity index (χ4v) is 5.56. The topological polar surface area (TPSA) is 46.5 Å². The van der Waals surface area contributed by atoms with E-state index < -0.39 is 22.2 Å². The Morgan fingerprint density at radius 3 is 2.60 bits per heavy atom. The number of hydrogen-bond donors (Lipinski definition) is 1. The van der Waals surface area contributed by atoms with E-state index in [0.29, 0.717) is 30.8 Å². The zero-order valence-electron chi connectivity index (χ0n) is 11.5. The highest BCUT2D eigenvalue weighted by molar-refractivity contribution is 7.86. The van der Waals surface area contributed by atoms with Gasteiger partial charge < -0.3 is 9.84 Å². The molecule has 3 rings (SSSR count). The Bertz CT molecular complexity index is 530. The molecule has 2 heterocycles. The van der Waals surface area contributed by atoms with Crippen molar-refractivity contribution in [2.45, 2.75) is 48.7 Å². The first-order chi connectivity index (χ1) is 9.51. The minimum atomic E-state index is -1.08. The van der Waals surface area contributed by atoms with E-state index in [1.165, 1.54) is 12.1 Å². The first-order valence-electron chi connectivity index (χ1n) is 7.07. The molecular weight excluding hydrogens is 279 g/mol. The minimum absolute atomic E-state index is 0.0394. The second kappa shape index (κ2) is 5.11. The van der Waals surface area contributed by atoms with Gasteiger partial charge in [-0.25, -0.2) is 4.39 Å². The molecule has 3 nitrogen and oxygen atoms in total. The molecule has 0 aromatic heterocycles. The van der Waals surface area contributed by atoms with Gasteiger partial charge in [0.25, 0.3) is 0 Å². The van der Waals surface area contributed by atoms with E-state index in [1.54, 1.807) is 6.07 Å². The fourth-order valence-electron chi connectivity index (χ4n) is 3.40. The molecule has 0 saturated carbocycles. The van der Waals surface area contributed by atoms with Crippen LogP contribution in [0.2, 0.25) is 0 Å². The standard InChI is InChI=1S/C15H19FO3S/c1-2-19-12-6-10(5-11(16)7-12)15(17)8-13-3-4-14(9-15)20(13)18/h5-7,13-14,17H,2-4,8-9H2,1H3. The molecule has 2 aliphatic heterocycles. The monoisotopic (exact) mass is 298 g/mol. The molecule has 2 atom stereocenters. The molecule has 2 aliphatic rings. The van der Waals surface area contributed by atoms with Crippen molar-refractivity contribution in [1.29, 1.82) is 0 Å². The van der Waals surface area contributed by atoms with Gasteiger partial charge in [0.15, 0.2) is 0 Å². The lowest BCUT2D eigenvalue weighted by molar-refractivity contribution is 0.0179. The zero-order chi connectivity index (χ0) is 14.3. The third-order valence-electron chi connectivity index (χ3n) is 4.32. The number of halogens is 1. The van der Waals surface area contributed by atoms with Crippen LogP contribution in [0.4, 0.5) is 4.39 Å². The maximum Gasteiger partial charge on any atom is 0.127 e. The van der Waals surface area contributed by atoms with Gasteiger partial charge in [0, 0.05) is 27.4 Å². The van der Waals surface area contributed by atoms with Crippen LogP contribution in [0.25, 0.3) is 0 Å². The molecule has 5 heteroatoms. The van der Waals surface area contributed by atoms with Crippen molar-refractivity contribution in [2.75, 3.05) is 6.61 Å². The van der Waals surface area contributed by atoms with Gasteiger partial charge in [-0.05, 0) is 50.3 Å². The predicted octanol–water partition coefficient (Wildman–Crippen LogP) is 2.49. The number of aliphatic hydroxyl groups is 1. The average molecular weight is 298 g/mol. The molecule has 2 saturated heterocycles. The van der Waals surface area contributed by atoms with Crippen LogP contribution in [0.5, 0.6) is 5.75 Å². The number of ether oxygens (including phenoxy) is 1. The highest BCUT2D eigenvalue weighted by Gasteiger charge is 2.48. The van der Waals surface area contributed by atoms with Crippen LogP contribution in [-0.2, 0) is 16.4 Å². The van der Waals surface area contributed by atoms with E-state index in [4.69, 9.17) is 4.74 Å². The molecule has 20 heavy (non-hydrogen) atoms.